The summed E-state index contributed by atoms with van der Waals surface area (Å²) < 4.78 is 47.0. The summed E-state index contributed by atoms with van der Waals surface area (Å²) in [4.78, 5) is 40.5. The second-order valence-corrected chi connectivity index (χ2v) is 21.8. The van der Waals surface area contributed by atoms with Crippen LogP contribution in [0.3, 0.4) is 0 Å². The van der Waals surface area contributed by atoms with Gasteiger partial charge in [-0.1, -0.05) is 27.7 Å². The molecule has 4 fully saturated rings. The maximum absolute atomic E-state index is 14.1. The predicted molar refractivity (Wildman–Crippen MR) is 276 cm³/mol. The standard InChI is InChI=1S/C37H67NO13.C12H22O12.5H2O/c1-14-25-37(10,45)30(41)20(4)27(39)18(2)16-35(8,44)32(51-34-28(40)24(38(11)12)15-19(3)47-34)21(5)29(22(6)33(43)49-25)50-26-17-36(9,46-13)31(42)23(7)48-26;13-1-3(15)10(7(18)8(19)11(21)22)24-12-9(20)6(17)5(16)4(2-14)23-12;;;;;/h18-26,28-32,34,40-42,44-45H,14-17H2,1-13H3;3-10,12-20H,1-2H2,(H,21,22);5*1H2/t18-,19-,20+,21+,22+,23+,24+,25-,26+,28-,29-,30-,31+,32-,34+,35+,36-,37-;3?,4-,5+,6+,7?,8?,9?,10?,12+;;;;;/m11...../s1. The number of Topliss-reactive ketones (excluding diaryl/α,β-unsaturated/α-hetero) is 1. The summed E-state index contributed by atoms with van der Waals surface area (Å²) in [5.41, 5.74) is -4.84. The summed E-state index contributed by atoms with van der Waals surface area (Å²) in [7, 11) is 5.18. The molecule has 4 saturated heterocycles. The molecule has 0 spiro atoms. The molecule has 5 unspecified atom stereocenters. The van der Waals surface area contributed by atoms with Gasteiger partial charge in [-0.3, -0.25) is 9.59 Å². The lowest BCUT2D eigenvalue weighted by atomic mass is 9.74. The number of carbonyl (C=O) groups is 3. The lowest BCUT2D eigenvalue weighted by Gasteiger charge is -2.49. The van der Waals surface area contributed by atoms with Crippen molar-refractivity contribution in [1.29, 1.82) is 0 Å². The third kappa shape index (κ3) is 19.0. The average molecular weight is 1180 g/mol. The molecule has 0 aliphatic carbocycles. The fourth-order valence-corrected chi connectivity index (χ4v) is 10.6. The number of likely N-dealkylation sites (N-methyl/N-ethyl adjacent to an activating group) is 1. The second-order valence-electron chi connectivity index (χ2n) is 21.8. The average Bonchev–Trinajstić information content (AvgIpc) is 3.35. The number of carboxylic acids is 1. The van der Waals surface area contributed by atoms with E-state index in [1.807, 2.05) is 25.9 Å². The van der Waals surface area contributed by atoms with Gasteiger partial charge in [-0.15, -0.1) is 0 Å². The highest BCUT2D eigenvalue weighted by Crippen LogP contribution is 2.41. The molecule has 31 nitrogen and oxygen atoms in total. The van der Waals surface area contributed by atoms with Crippen LogP contribution in [0.4, 0.5) is 0 Å². The van der Waals surface area contributed by atoms with Gasteiger partial charge < -0.3 is 142 Å². The molecule has 0 amide bonds. The molecule has 0 aromatic carbocycles. The molecular formula is C49H99NO30. The number of hydrogen-bond acceptors (Lipinski definition) is 25. The van der Waals surface area contributed by atoms with Gasteiger partial charge in [-0.2, -0.15) is 0 Å². The Hall–Kier alpha value is -2.43. The van der Waals surface area contributed by atoms with Crippen LogP contribution in [0.2, 0.25) is 0 Å². The summed E-state index contributed by atoms with van der Waals surface area (Å²) in [6.45, 7) is 14.6. The van der Waals surface area contributed by atoms with Crippen molar-refractivity contribution in [2.75, 3.05) is 34.4 Å². The smallest absolute Gasteiger partial charge is 0.335 e. The number of carbonyl (C=O) groups excluding carboxylic acids is 2. The highest BCUT2D eigenvalue weighted by atomic mass is 16.7. The number of carboxylic acid groups (broad SMARTS) is 1. The van der Waals surface area contributed by atoms with Crippen molar-refractivity contribution in [3.05, 3.63) is 0 Å². The Morgan fingerprint density at radius 3 is 1.81 bits per heavy atom. The van der Waals surface area contributed by atoms with Crippen LogP contribution >= 0.6 is 0 Å². The van der Waals surface area contributed by atoms with Gasteiger partial charge in [0, 0.05) is 37.3 Å². The minimum Gasteiger partial charge on any atom is -0.479 e. The van der Waals surface area contributed by atoms with Gasteiger partial charge in [-0.05, 0) is 74.9 Å². The Labute approximate surface area is 465 Å². The molecule has 80 heavy (non-hydrogen) atoms. The lowest BCUT2D eigenvalue weighted by molar-refractivity contribution is -0.326. The minimum atomic E-state index is -2.39. The second kappa shape index (κ2) is 33.9. The molecule has 0 radical (unpaired) electrons. The molecule has 0 aromatic rings. The van der Waals surface area contributed by atoms with Crippen molar-refractivity contribution in [2.24, 2.45) is 23.7 Å². The summed E-state index contributed by atoms with van der Waals surface area (Å²) in [6.07, 6.45) is -26.6. The van der Waals surface area contributed by atoms with E-state index in [-0.39, 0.29) is 58.8 Å². The molecule has 27 atom stereocenters. The van der Waals surface area contributed by atoms with Crippen LogP contribution in [0.15, 0.2) is 0 Å². The molecule has 0 bridgehead atoms. The van der Waals surface area contributed by atoms with Crippen LogP contribution in [0.25, 0.3) is 0 Å². The third-order valence-corrected chi connectivity index (χ3v) is 15.4. The Kier molecular flexibility index (Phi) is 34.7. The zero-order chi connectivity index (χ0) is 57.6. The van der Waals surface area contributed by atoms with Gasteiger partial charge in [0.1, 0.15) is 72.4 Å². The maximum Gasteiger partial charge on any atom is 0.335 e. The van der Waals surface area contributed by atoms with Crippen molar-refractivity contribution in [1.82, 2.24) is 4.90 Å². The minimum absolute atomic E-state index is 0. The summed E-state index contributed by atoms with van der Waals surface area (Å²) in [6, 6.07) is -0.324. The predicted octanol–water partition coefficient (Wildman–Crippen LogP) is -8.01. The Bertz CT molecular complexity index is 1800. The largest absolute Gasteiger partial charge is 0.479 e. The van der Waals surface area contributed by atoms with Gasteiger partial charge in [0.2, 0.25) is 0 Å². The van der Waals surface area contributed by atoms with Crippen molar-refractivity contribution in [2.45, 2.75) is 234 Å². The van der Waals surface area contributed by atoms with Crippen LogP contribution in [-0.4, -0.2) is 295 Å². The zero-order valence-electron chi connectivity index (χ0n) is 47.8. The summed E-state index contributed by atoms with van der Waals surface area (Å²) in [5, 5.41) is 142. The number of ketones is 1. The third-order valence-electron chi connectivity index (χ3n) is 15.4. The number of esters is 1. The van der Waals surface area contributed by atoms with Crippen LogP contribution in [0.1, 0.15) is 94.9 Å². The van der Waals surface area contributed by atoms with E-state index in [0.717, 1.165) is 0 Å². The SMILES string of the molecule is CC[C@H]1OC(=O)[C@@H](C)[C@H](O[C@H]2C[C@@](C)(OC)[C@@H](O)[C@H](C)O2)[C@H](C)[C@@H](O[C@@H]2O[C@H](C)C[C@H](N(C)C)[C@H]2O)[C@@](C)(O)C[C@@H](C)C(=O)[C@H](C)[C@@H](O)[C@]1(C)O.O.O.O.O.O.O=C(O)C(O)C(O)C(O[C@@H]1O[C@H](CO)[C@H](O)[C@H](O)C1O)C(O)CO. The molecule has 4 aliphatic rings. The first-order valence-corrected chi connectivity index (χ1v) is 25.5. The maximum atomic E-state index is 14.1. The molecule has 4 rings (SSSR count). The number of hydrogen-bond donors (Lipinski definition) is 14. The number of aliphatic hydroxyl groups is 13. The Balaban J connectivity index is -0.00000174. The number of aliphatic carboxylic acids is 1. The summed E-state index contributed by atoms with van der Waals surface area (Å²) >= 11 is 0. The van der Waals surface area contributed by atoms with Crippen LogP contribution < -0.4 is 0 Å². The monoisotopic (exact) mass is 1180 g/mol. The Morgan fingerprint density at radius 1 is 0.762 bits per heavy atom. The highest BCUT2D eigenvalue weighted by Gasteiger charge is 2.54. The van der Waals surface area contributed by atoms with E-state index >= 15 is 0 Å². The van der Waals surface area contributed by atoms with Gasteiger partial charge >= 0.3 is 11.9 Å². The van der Waals surface area contributed by atoms with E-state index in [2.05, 4.69) is 0 Å². The van der Waals surface area contributed by atoms with Crippen molar-refractivity contribution >= 4 is 17.7 Å². The van der Waals surface area contributed by atoms with Crippen molar-refractivity contribution in [3.63, 3.8) is 0 Å². The van der Waals surface area contributed by atoms with Crippen LogP contribution in [0, 0.1) is 23.7 Å². The van der Waals surface area contributed by atoms with E-state index in [1.54, 1.807) is 41.5 Å². The molecule has 0 saturated carbocycles. The number of ether oxygens (including phenoxy) is 8. The quantitative estimate of drug-likeness (QED) is 0.0677. The molecule has 24 N–H and O–H groups in total. The molecule has 480 valence electrons. The van der Waals surface area contributed by atoms with Crippen molar-refractivity contribution in [3.8, 4) is 0 Å². The van der Waals surface area contributed by atoms with Gasteiger partial charge in [0.05, 0.1) is 60.9 Å². The first-order chi connectivity index (χ1) is 34.6. The molecule has 4 aliphatic heterocycles. The first-order valence-electron chi connectivity index (χ1n) is 25.5. The first kappa shape index (κ1) is 81.8. The van der Waals surface area contributed by atoms with E-state index in [1.165, 1.54) is 27.9 Å². The van der Waals surface area contributed by atoms with Crippen molar-refractivity contribution < 1.29 is 151 Å². The molecule has 0 aromatic heterocycles. The van der Waals surface area contributed by atoms with E-state index in [9.17, 15) is 70.6 Å². The summed E-state index contributed by atoms with van der Waals surface area (Å²) in [5.74, 6) is -6.81. The van der Waals surface area contributed by atoms with Crippen LogP contribution in [0.5, 0.6) is 0 Å². The zero-order valence-corrected chi connectivity index (χ0v) is 47.8. The van der Waals surface area contributed by atoms with E-state index in [4.69, 9.17) is 53.2 Å². The number of nitrogens with zero attached hydrogens (tertiary/aromatic N) is 1. The number of cyclic esters (lactones) is 1. The van der Waals surface area contributed by atoms with Gasteiger partial charge in [0.15, 0.2) is 25.0 Å². The van der Waals surface area contributed by atoms with Crippen LogP contribution in [-0.2, 0) is 52.3 Å². The topological polar surface area (TPSA) is 569 Å². The van der Waals surface area contributed by atoms with Gasteiger partial charge in [-0.25, -0.2) is 4.79 Å². The number of rotatable bonds is 15. The molecule has 31 heteroatoms. The fraction of sp³-hybridized carbons (Fsp3) is 0.939. The van der Waals surface area contributed by atoms with E-state index < -0.39 is 182 Å². The normalized spacial score (nSPS) is 42.5. The van der Waals surface area contributed by atoms with E-state index in [0.29, 0.717) is 6.42 Å². The van der Waals surface area contributed by atoms with Gasteiger partial charge in [0.25, 0.3) is 0 Å². The fourth-order valence-electron chi connectivity index (χ4n) is 10.6. The Morgan fingerprint density at radius 2 is 1.32 bits per heavy atom. The lowest BCUT2D eigenvalue weighted by Crippen LogP contribution is -2.61. The number of aliphatic hydroxyl groups excluding tert-OH is 11. The number of methoxy groups -OCH3 is 1. The highest BCUT2D eigenvalue weighted by molar-refractivity contribution is 5.83. The molecule has 4 heterocycles. The molecular weight excluding hydrogens is 1080 g/mol.